The molecule has 0 nitrogen and oxygen atoms in total. The fourth-order valence-electron chi connectivity index (χ4n) is 3.45. The third kappa shape index (κ3) is 6.09. The maximum Gasteiger partial charge on any atom is 0.416 e. The Labute approximate surface area is 189 Å². The predicted molar refractivity (Wildman–Crippen MR) is 100 cm³/mol. The number of alkyl halides is 12. The Balaban J connectivity index is 2.26. The van der Waals surface area contributed by atoms with Crippen molar-refractivity contribution >= 4 is 0 Å². The van der Waals surface area contributed by atoms with Gasteiger partial charge in [0.05, 0.1) is 22.3 Å². The molecule has 0 radical (unpaired) electrons. The third-order valence-electron chi connectivity index (χ3n) is 5.09. The summed E-state index contributed by atoms with van der Waals surface area (Å²) in [4.78, 5) is 0. The van der Waals surface area contributed by atoms with Crippen LogP contribution in [-0.4, -0.2) is 0 Å². The second-order valence-electron chi connectivity index (χ2n) is 7.51. The van der Waals surface area contributed by atoms with Gasteiger partial charge in [0.25, 0.3) is 0 Å². The van der Waals surface area contributed by atoms with Crippen molar-refractivity contribution in [1.29, 1.82) is 0 Å². The van der Waals surface area contributed by atoms with Gasteiger partial charge in [-0.2, -0.15) is 52.7 Å². The van der Waals surface area contributed by atoms with Gasteiger partial charge in [-0.3, -0.25) is 0 Å². The van der Waals surface area contributed by atoms with Gasteiger partial charge in [-0.15, -0.1) is 0 Å². The summed E-state index contributed by atoms with van der Waals surface area (Å²) in [5.74, 6) is -1.54. The topological polar surface area (TPSA) is 0 Å². The van der Waals surface area contributed by atoms with E-state index in [0.717, 1.165) is 24.3 Å². The smallest absolute Gasteiger partial charge is 0.166 e. The summed E-state index contributed by atoms with van der Waals surface area (Å²) in [7, 11) is 0. The first-order valence-electron chi connectivity index (χ1n) is 9.51. The van der Waals surface area contributed by atoms with Crippen molar-refractivity contribution in [2.75, 3.05) is 0 Å². The van der Waals surface area contributed by atoms with Gasteiger partial charge in [-0.1, -0.05) is 24.3 Å². The first-order valence-corrected chi connectivity index (χ1v) is 9.51. The molecule has 0 atom stereocenters. The SMILES string of the molecule is FC(F)(F)c1ccc(C(c2ccc(C(F)(F)F)cc2)c2cc(C(F)(F)F)cc(C(F)(F)F)c2)cc1. The maximum atomic E-state index is 13.4. The molecule has 0 aliphatic heterocycles. The molecule has 188 valence electrons. The molecule has 0 saturated carbocycles. The Morgan fingerprint density at radius 3 is 0.886 bits per heavy atom. The number of rotatable bonds is 3. The average Bonchev–Trinajstić information content (AvgIpc) is 2.72. The average molecular weight is 516 g/mol. The largest absolute Gasteiger partial charge is 0.416 e. The van der Waals surface area contributed by atoms with Crippen molar-refractivity contribution in [1.82, 2.24) is 0 Å². The van der Waals surface area contributed by atoms with Crippen LogP contribution in [0.4, 0.5) is 52.7 Å². The van der Waals surface area contributed by atoms with Crippen LogP contribution in [0.5, 0.6) is 0 Å². The molecule has 35 heavy (non-hydrogen) atoms. The molecule has 0 unspecified atom stereocenters. The highest BCUT2D eigenvalue weighted by molar-refractivity contribution is 5.48. The van der Waals surface area contributed by atoms with Crippen LogP contribution >= 0.6 is 0 Å². The van der Waals surface area contributed by atoms with Crippen molar-refractivity contribution in [3.8, 4) is 0 Å². The van der Waals surface area contributed by atoms with Gasteiger partial charge in [-0.05, 0) is 59.2 Å². The minimum Gasteiger partial charge on any atom is -0.166 e. The zero-order valence-electron chi connectivity index (χ0n) is 17.0. The molecule has 0 fully saturated rings. The first-order chi connectivity index (χ1) is 15.9. The number of benzene rings is 3. The molecule has 3 aromatic carbocycles. The lowest BCUT2D eigenvalue weighted by molar-refractivity contribution is -0.143. The van der Waals surface area contributed by atoms with Crippen LogP contribution in [0.25, 0.3) is 0 Å². The summed E-state index contributed by atoms with van der Waals surface area (Å²) in [6.07, 6.45) is -20.0. The van der Waals surface area contributed by atoms with Crippen LogP contribution in [0.2, 0.25) is 0 Å². The summed E-state index contributed by atoms with van der Waals surface area (Å²) < 4.78 is 158. The first kappa shape index (κ1) is 26.4. The minimum absolute atomic E-state index is 0.125. The lowest BCUT2D eigenvalue weighted by Gasteiger charge is -2.23. The van der Waals surface area contributed by atoms with Gasteiger partial charge in [-0.25, -0.2) is 0 Å². The lowest BCUT2D eigenvalue weighted by atomic mass is 9.83. The molecule has 0 N–H and O–H groups in total. The van der Waals surface area contributed by atoms with Gasteiger partial charge in [0.2, 0.25) is 0 Å². The molecule has 0 aliphatic carbocycles. The highest BCUT2D eigenvalue weighted by Gasteiger charge is 2.38. The highest BCUT2D eigenvalue weighted by Crippen LogP contribution is 2.42. The zero-order valence-corrected chi connectivity index (χ0v) is 17.0. The van der Waals surface area contributed by atoms with Crippen LogP contribution in [0, 0.1) is 0 Å². The molecule has 0 heterocycles. The number of halogens is 12. The predicted octanol–water partition coefficient (Wildman–Crippen LogP) is 8.94. The molecule has 12 heteroatoms. The van der Waals surface area contributed by atoms with Crippen LogP contribution < -0.4 is 0 Å². The van der Waals surface area contributed by atoms with Crippen molar-refractivity contribution in [2.45, 2.75) is 30.6 Å². The molecule has 3 rings (SSSR count). The quantitative estimate of drug-likeness (QED) is 0.241. The van der Waals surface area contributed by atoms with Crippen molar-refractivity contribution in [3.05, 3.63) is 106 Å². The molecule has 0 bridgehead atoms. The molecule has 0 aliphatic rings. The van der Waals surface area contributed by atoms with E-state index in [0.29, 0.717) is 36.4 Å². The van der Waals surface area contributed by atoms with Crippen molar-refractivity contribution in [3.63, 3.8) is 0 Å². The molecular formula is C23H12F12. The standard InChI is InChI=1S/C23H12F12/c24-20(25,26)15-5-1-12(2-6-15)19(13-3-7-16(8-4-13)21(27,28)29)14-9-17(22(30,31)32)11-18(10-14)23(33,34)35/h1-11,19H. The van der Waals surface area contributed by atoms with E-state index in [9.17, 15) is 52.7 Å². The summed E-state index contributed by atoms with van der Waals surface area (Å²) in [6.45, 7) is 0. The normalized spacial score (nSPS) is 13.4. The van der Waals surface area contributed by atoms with E-state index in [2.05, 4.69) is 0 Å². The Hall–Kier alpha value is -3.18. The Morgan fingerprint density at radius 2 is 0.629 bits per heavy atom. The maximum absolute atomic E-state index is 13.4. The minimum atomic E-state index is -5.21. The fraction of sp³-hybridized carbons (Fsp3) is 0.217. The second-order valence-corrected chi connectivity index (χ2v) is 7.51. The Kier molecular flexibility index (Phi) is 6.64. The van der Waals surface area contributed by atoms with Crippen molar-refractivity contribution in [2.24, 2.45) is 0 Å². The monoisotopic (exact) mass is 516 g/mol. The number of hydrogen-bond acceptors (Lipinski definition) is 0. The van der Waals surface area contributed by atoms with Gasteiger partial charge in [0.1, 0.15) is 0 Å². The van der Waals surface area contributed by atoms with Crippen LogP contribution in [0.3, 0.4) is 0 Å². The van der Waals surface area contributed by atoms with E-state index in [1.165, 1.54) is 0 Å². The van der Waals surface area contributed by atoms with Crippen LogP contribution in [-0.2, 0) is 24.7 Å². The van der Waals surface area contributed by atoms with Gasteiger partial charge in [0.15, 0.2) is 0 Å². The molecule has 0 amide bonds. The number of hydrogen-bond donors (Lipinski definition) is 0. The lowest BCUT2D eigenvalue weighted by Crippen LogP contribution is -2.14. The van der Waals surface area contributed by atoms with E-state index in [4.69, 9.17) is 0 Å². The van der Waals surface area contributed by atoms with Crippen LogP contribution in [0.1, 0.15) is 44.9 Å². The van der Waals surface area contributed by atoms with E-state index < -0.39 is 58.4 Å². The van der Waals surface area contributed by atoms with Gasteiger partial charge in [0, 0.05) is 5.92 Å². The third-order valence-corrected chi connectivity index (χ3v) is 5.09. The van der Waals surface area contributed by atoms with E-state index in [-0.39, 0.29) is 17.2 Å². The highest BCUT2D eigenvalue weighted by atomic mass is 19.4. The molecule has 3 aromatic rings. The fourth-order valence-corrected chi connectivity index (χ4v) is 3.45. The van der Waals surface area contributed by atoms with E-state index in [1.807, 2.05) is 0 Å². The van der Waals surface area contributed by atoms with Crippen LogP contribution in [0.15, 0.2) is 66.7 Å². The summed E-state index contributed by atoms with van der Waals surface area (Å²) >= 11 is 0. The molecule has 0 aromatic heterocycles. The molecule has 0 spiro atoms. The summed E-state index contributed by atoms with van der Waals surface area (Å²) in [5, 5.41) is 0. The zero-order chi connectivity index (χ0) is 26.4. The van der Waals surface area contributed by atoms with E-state index in [1.54, 1.807) is 0 Å². The second kappa shape index (κ2) is 8.80. The van der Waals surface area contributed by atoms with E-state index >= 15 is 0 Å². The molecule has 0 saturated heterocycles. The Morgan fingerprint density at radius 1 is 0.343 bits per heavy atom. The van der Waals surface area contributed by atoms with Crippen molar-refractivity contribution < 1.29 is 52.7 Å². The van der Waals surface area contributed by atoms with Gasteiger partial charge >= 0.3 is 24.7 Å². The van der Waals surface area contributed by atoms with Gasteiger partial charge < -0.3 is 0 Å². The summed E-state index contributed by atoms with van der Waals surface area (Å²) in [6, 6.07) is 6.32. The Bertz CT molecular complexity index is 1070. The summed E-state index contributed by atoms with van der Waals surface area (Å²) in [5.41, 5.74) is -6.56. The molecular weight excluding hydrogens is 504 g/mol.